The fourth-order valence-electron chi connectivity index (χ4n) is 2.90. The van der Waals surface area contributed by atoms with E-state index in [0.29, 0.717) is 6.54 Å². The van der Waals surface area contributed by atoms with Crippen molar-refractivity contribution < 1.29 is 4.79 Å². The molecule has 128 valence electrons. The van der Waals surface area contributed by atoms with Gasteiger partial charge in [0.15, 0.2) is 0 Å². The summed E-state index contributed by atoms with van der Waals surface area (Å²) in [6.07, 6.45) is 0.756. The predicted octanol–water partition coefficient (Wildman–Crippen LogP) is 2.32. The number of hydrogen-bond donors (Lipinski definition) is 0. The minimum Gasteiger partial charge on any atom is -0.343 e. The molecule has 0 spiro atoms. The van der Waals surface area contributed by atoms with Crippen LogP contribution in [0.25, 0.3) is 0 Å². The molecule has 7 heteroatoms. The lowest BCUT2D eigenvalue weighted by atomic mass is 10.1. The fraction of sp³-hybridized carbons (Fsp3) is 0.471. The van der Waals surface area contributed by atoms with Crippen LogP contribution in [0, 0.1) is 0 Å². The Hall–Kier alpha value is -2.15. The molecule has 1 aliphatic rings. The zero-order chi connectivity index (χ0) is 17.1. The summed E-state index contributed by atoms with van der Waals surface area (Å²) in [5.74, 6) is 0.862. The van der Waals surface area contributed by atoms with E-state index in [0.717, 1.165) is 30.5 Å². The third kappa shape index (κ3) is 3.67. The van der Waals surface area contributed by atoms with Gasteiger partial charge in [-0.15, -0.1) is 0 Å². The quantitative estimate of drug-likeness (QED) is 0.857. The van der Waals surface area contributed by atoms with Crippen LogP contribution in [0.3, 0.4) is 0 Å². The number of piperazine rings is 1. The topological polar surface area (TPSA) is 52.6 Å². The number of urea groups is 1. The van der Waals surface area contributed by atoms with Crippen LogP contribution in [-0.4, -0.2) is 65.0 Å². The third-order valence-electron chi connectivity index (χ3n) is 4.19. The number of amides is 2. The van der Waals surface area contributed by atoms with Gasteiger partial charge in [-0.05, 0) is 12.5 Å². The van der Waals surface area contributed by atoms with Crippen LogP contribution in [-0.2, 0) is 6.42 Å². The second-order valence-corrected chi connectivity index (χ2v) is 7.05. The Morgan fingerprint density at radius 1 is 1.29 bits per heavy atom. The molecule has 1 aromatic heterocycles. The van der Waals surface area contributed by atoms with E-state index < -0.39 is 0 Å². The van der Waals surface area contributed by atoms with E-state index in [4.69, 9.17) is 0 Å². The Morgan fingerprint density at radius 2 is 2.04 bits per heavy atom. The Labute approximate surface area is 146 Å². The zero-order valence-electron chi connectivity index (χ0n) is 14.3. The second kappa shape index (κ2) is 7.17. The number of anilines is 1. The summed E-state index contributed by atoms with van der Waals surface area (Å²) in [6, 6.07) is 10.5. The van der Waals surface area contributed by atoms with Crippen molar-refractivity contribution in [1.29, 1.82) is 0 Å². The lowest BCUT2D eigenvalue weighted by molar-refractivity contribution is 0.147. The first-order chi connectivity index (χ1) is 11.5. The molecule has 1 saturated heterocycles. The minimum atomic E-state index is 0.0733. The number of nitrogens with zero attached hydrogens (tertiary/aromatic N) is 5. The van der Waals surface area contributed by atoms with Gasteiger partial charge in [-0.1, -0.05) is 30.3 Å². The summed E-state index contributed by atoms with van der Waals surface area (Å²) in [7, 11) is 3.59. The molecule has 0 bridgehead atoms. The van der Waals surface area contributed by atoms with Crippen molar-refractivity contribution in [2.75, 3.05) is 38.6 Å². The lowest BCUT2D eigenvalue weighted by Crippen LogP contribution is -2.56. The van der Waals surface area contributed by atoms with Gasteiger partial charge in [0.05, 0.1) is 0 Å². The van der Waals surface area contributed by atoms with Crippen molar-refractivity contribution in [1.82, 2.24) is 19.2 Å². The summed E-state index contributed by atoms with van der Waals surface area (Å²) < 4.78 is 4.49. The number of rotatable bonds is 3. The van der Waals surface area contributed by atoms with E-state index in [-0.39, 0.29) is 12.1 Å². The molecule has 2 amide bonds. The molecule has 24 heavy (non-hydrogen) atoms. The van der Waals surface area contributed by atoms with Crippen LogP contribution in [0.2, 0.25) is 0 Å². The summed E-state index contributed by atoms with van der Waals surface area (Å²) in [5, 5.41) is 0.949. The Morgan fingerprint density at radius 3 is 2.71 bits per heavy atom. The van der Waals surface area contributed by atoms with E-state index in [2.05, 4.69) is 33.3 Å². The monoisotopic (exact) mass is 345 g/mol. The molecule has 2 aromatic rings. The molecule has 6 nitrogen and oxygen atoms in total. The van der Waals surface area contributed by atoms with Gasteiger partial charge < -0.3 is 14.7 Å². The van der Waals surface area contributed by atoms with E-state index in [1.807, 2.05) is 23.1 Å². The van der Waals surface area contributed by atoms with Crippen LogP contribution < -0.4 is 4.90 Å². The minimum absolute atomic E-state index is 0.0733. The highest BCUT2D eigenvalue weighted by Gasteiger charge is 2.29. The van der Waals surface area contributed by atoms with Gasteiger partial charge in [0.2, 0.25) is 5.13 Å². The van der Waals surface area contributed by atoms with Gasteiger partial charge in [-0.2, -0.15) is 4.37 Å². The summed E-state index contributed by atoms with van der Waals surface area (Å²) in [6.45, 7) is 4.38. The van der Waals surface area contributed by atoms with Crippen molar-refractivity contribution in [2.24, 2.45) is 0 Å². The zero-order valence-corrected chi connectivity index (χ0v) is 15.2. The lowest BCUT2D eigenvalue weighted by Gasteiger charge is -2.40. The number of hydrogen-bond acceptors (Lipinski definition) is 5. The summed E-state index contributed by atoms with van der Waals surface area (Å²) in [5.41, 5.74) is 1.22. The van der Waals surface area contributed by atoms with Crippen LogP contribution in [0.15, 0.2) is 30.3 Å². The van der Waals surface area contributed by atoms with Gasteiger partial charge in [0, 0.05) is 57.7 Å². The Kier molecular flexibility index (Phi) is 4.99. The maximum absolute atomic E-state index is 12.2. The number of benzene rings is 1. The van der Waals surface area contributed by atoms with E-state index in [1.165, 1.54) is 17.1 Å². The highest BCUT2D eigenvalue weighted by atomic mass is 32.1. The van der Waals surface area contributed by atoms with Gasteiger partial charge in [-0.3, -0.25) is 0 Å². The Bertz CT molecular complexity index is 687. The Balaban J connectivity index is 1.63. The standard InChI is InChI=1S/C17H23N5OS/c1-13-12-21(9-10-22(13)17(23)20(2)3)16-18-15(19-24-16)11-14-7-5-4-6-8-14/h4-8,13H,9-12H2,1-3H3. The van der Waals surface area contributed by atoms with Crippen LogP contribution >= 0.6 is 11.5 Å². The normalized spacial score (nSPS) is 17.9. The molecule has 0 N–H and O–H groups in total. The molecule has 1 aromatic carbocycles. The van der Waals surface area contributed by atoms with Crippen molar-refractivity contribution in [3.63, 3.8) is 0 Å². The molecule has 3 rings (SSSR count). The average Bonchev–Trinajstić information content (AvgIpc) is 3.03. The van der Waals surface area contributed by atoms with Crippen LogP contribution in [0.4, 0.5) is 9.93 Å². The molecule has 0 aliphatic carbocycles. The van der Waals surface area contributed by atoms with Crippen LogP contribution in [0.1, 0.15) is 18.3 Å². The molecule has 1 unspecified atom stereocenters. The smallest absolute Gasteiger partial charge is 0.319 e. The molecule has 2 heterocycles. The first-order valence-electron chi connectivity index (χ1n) is 8.14. The fourth-order valence-corrected chi connectivity index (χ4v) is 3.62. The molecule has 1 aliphatic heterocycles. The second-order valence-electron chi connectivity index (χ2n) is 6.32. The molecule has 1 atom stereocenters. The van der Waals surface area contributed by atoms with Gasteiger partial charge in [0.25, 0.3) is 0 Å². The first-order valence-corrected chi connectivity index (χ1v) is 8.91. The maximum Gasteiger partial charge on any atom is 0.319 e. The van der Waals surface area contributed by atoms with Crippen molar-refractivity contribution in [3.05, 3.63) is 41.7 Å². The molecule has 0 saturated carbocycles. The van der Waals surface area contributed by atoms with Gasteiger partial charge in [0.1, 0.15) is 5.82 Å². The number of aromatic nitrogens is 2. The van der Waals surface area contributed by atoms with E-state index >= 15 is 0 Å². The maximum atomic E-state index is 12.2. The number of carbonyl (C=O) groups is 1. The first kappa shape index (κ1) is 16.7. The van der Waals surface area contributed by atoms with Crippen molar-refractivity contribution >= 4 is 22.7 Å². The van der Waals surface area contributed by atoms with E-state index in [1.54, 1.807) is 19.0 Å². The van der Waals surface area contributed by atoms with Crippen LogP contribution in [0.5, 0.6) is 0 Å². The molecular formula is C17H23N5OS. The summed E-state index contributed by atoms with van der Waals surface area (Å²) in [4.78, 5) is 22.6. The highest BCUT2D eigenvalue weighted by Crippen LogP contribution is 2.22. The molecule has 1 fully saturated rings. The summed E-state index contributed by atoms with van der Waals surface area (Å²) >= 11 is 1.44. The highest BCUT2D eigenvalue weighted by molar-refractivity contribution is 7.09. The molecular weight excluding hydrogens is 322 g/mol. The average molecular weight is 345 g/mol. The third-order valence-corrected chi connectivity index (χ3v) is 5.00. The SMILES string of the molecule is CC1CN(c2nc(Cc3ccccc3)ns2)CCN1C(=O)N(C)C. The molecule has 0 radical (unpaired) electrons. The largest absolute Gasteiger partial charge is 0.343 e. The van der Waals surface area contributed by atoms with Gasteiger partial charge >= 0.3 is 6.03 Å². The van der Waals surface area contributed by atoms with E-state index in [9.17, 15) is 4.79 Å². The number of carbonyl (C=O) groups excluding carboxylic acids is 1. The van der Waals surface area contributed by atoms with Crippen molar-refractivity contribution in [2.45, 2.75) is 19.4 Å². The predicted molar refractivity (Wildman–Crippen MR) is 96.6 cm³/mol. The van der Waals surface area contributed by atoms with Gasteiger partial charge in [-0.25, -0.2) is 9.78 Å². The van der Waals surface area contributed by atoms with Crippen molar-refractivity contribution in [3.8, 4) is 0 Å².